The minimum Gasteiger partial charge on any atom is -0.308 e. The van der Waals surface area contributed by atoms with Crippen molar-refractivity contribution < 1.29 is 0 Å². The van der Waals surface area contributed by atoms with Crippen LogP contribution in [0, 0.1) is 5.41 Å². The van der Waals surface area contributed by atoms with Gasteiger partial charge < -0.3 is 5.32 Å². The van der Waals surface area contributed by atoms with E-state index in [9.17, 15) is 0 Å². The molecule has 0 aliphatic heterocycles. The second-order valence-electron chi connectivity index (χ2n) is 6.57. The number of hydrogen-bond donors (Lipinski definition) is 1. The number of benzene rings is 1. The van der Waals surface area contributed by atoms with E-state index in [-0.39, 0.29) is 5.54 Å². The lowest BCUT2D eigenvalue weighted by Crippen LogP contribution is -2.41. The van der Waals surface area contributed by atoms with E-state index in [2.05, 4.69) is 46.0 Å². The third kappa shape index (κ3) is 5.56. The van der Waals surface area contributed by atoms with Crippen LogP contribution in [0.5, 0.6) is 0 Å². The first kappa shape index (κ1) is 14.5. The summed E-state index contributed by atoms with van der Waals surface area (Å²) >= 11 is 6.15. The predicted octanol–water partition coefficient (Wildman–Crippen LogP) is 4.64. The molecule has 96 valence electrons. The van der Waals surface area contributed by atoms with E-state index in [1.165, 1.54) is 0 Å². The van der Waals surface area contributed by atoms with Crippen LogP contribution in [0.2, 0.25) is 5.02 Å². The highest BCUT2D eigenvalue weighted by atomic mass is 35.5. The first-order chi connectivity index (χ1) is 7.70. The van der Waals surface area contributed by atoms with Crippen LogP contribution in [0.3, 0.4) is 0 Å². The first-order valence-electron chi connectivity index (χ1n) is 6.18. The van der Waals surface area contributed by atoms with Crippen molar-refractivity contribution in [3.05, 3.63) is 34.9 Å². The van der Waals surface area contributed by atoms with Crippen molar-refractivity contribution in [1.82, 2.24) is 5.32 Å². The predicted molar refractivity (Wildman–Crippen MR) is 76.4 cm³/mol. The zero-order valence-electron chi connectivity index (χ0n) is 11.6. The Kier molecular flexibility index (Phi) is 4.62. The fourth-order valence-electron chi connectivity index (χ4n) is 2.36. The SMILES string of the molecule is CC(C)(C)CC(C)(C)NCc1ccccc1Cl. The van der Waals surface area contributed by atoms with Crippen LogP contribution in [0.25, 0.3) is 0 Å². The van der Waals surface area contributed by atoms with Crippen LogP contribution < -0.4 is 5.32 Å². The lowest BCUT2D eigenvalue weighted by Gasteiger charge is -2.33. The maximum Gasteiger partial charge on any atom is 0.0450 e. The monoisotopic (exact) mass is 253 g/mol. The van der Waals surface area contributed by atoms with E-state index in [1.54, 1.807) is 0 Å². The van der Waals surface area contributed by atoms with Gasteiger partial charge in [-0.15, -0.1) is 0 Å². The zero-order chi connectivity index (χ0) is 13.1. The lowest BCUT2D eigenvalue weighted by atomic mass is 9.82. The molecule has 0 saturated carbocycles. The average Bonchev–Trinajstić information content (AvgIpc) is 2.13. The third-order valence-corrected chi connectivity index (χ3v) is 3.06. The summed E-state index contributed by atoms with van der Waals surface area (Å²) in [5, 5.41) is 4.43. The van der Waals surface area contributed by atoms with Gasteiger partial charge in [0.05, 0.1) is 0 Å². The molecule has 0 bridgehead atoms. The van der Waals surface area contributed by atoms with Gasteiger partial charge in [0.15, 0.2) is 0 Å². The Morgan fingerprint density at radius 3 is 2.18 bits per heavy atom. The van der Waals surface area contributed by atoms with Crippen LogP contribution in [0.15, 0.2) is 24.3 Å². The van der Waals surface area contributed by atoms with Gasteiger partial charge in [0.2, 0.25) is 0 Å². The average molecular weight is 254 g/mol. The molecular formula is C15H24ClN. The molecular weight excluding hydrogens is 230 g/mol. The van der Waals surface area contributed by atoms with Crippen LogP contribution in [0.4, 0.5) is 0 Å². The summed E-state index contributed by atoms with van der Waals surface area (Å²) in [6.07, 6.45) is 1.13. The molecule has 1 aromatic carbocycles. The Balaban J connectivity index is 2.59. The zero-order valence-corrected chi connectivity index (χ0v) is 12.4. The van der Waals surface area contributed by atoms with Crippen molar-refractivity contribution in [3.8, 4) is 0 Å². The molecule has 1 aromatic rings. The molecule has 0 amide bonds. The molecule has 0 aliphatic carbocycles. The Morgan fingerprint density at radius 2 is 1.65 bits per heavy atom. The number of nitrogens with one attached hydrogen (secondary N) is 1. The second kappa shape index (κ2) is 5.41. The van der Waals surface area contributed by atoms with Crippen LogP contribution in [-0.4, -0.2) is 5.54 Å². The van der Waals surface area contributed by atoms with Crippen molar-refractivity contribution in [2.75, 3.05) is 0 Å². The van der Waals surface area contributed by atoms with Crippen molar-refractivity contribution in [1.29, 1.82) is 0 Å². The lowest BCUT2D eigenvalue weighted by molar-refractivity contribution is 0.241. The topological polar surface area (TPSA) is 12.0 Å². The van der Waals surface area contributed by atoms with Crippen LogP contribution in [0.1, 0.15) is 46.6 Å². The van der Waals surface area contributed by atoms with Gasteiger partial charge in [0.1, 0.15) is 0 Å². The molecule has 0 aliphatic rings. The molecule has 0 fully saturated rings. The van der Waals surface area contributed by atoms with E-state index in [1.807, 2.05) is 18.2 Å². The summed E-state index contributed by atoms with van der Waals surface area (Å²) in [6.45, 7) is 12.1. The molecule has 1 nitrogen and oxygen atoms in total. The fraction of sp³-hybridized carbons (Fsp3) is 0.600. The van der Waals surface area contributed by atoms with Crippen molar-refractivity contribution in [2.24, 2.45) is 5.41 Å². The molecule has 0 heterocycles. The summed E-state index contributed by atoms with van der Waals surface area (Å²) in [6, 6.07) is 8.00. The molecule has 2 heteroatoms. The van der Waals surface area contributed by atoms with Crippen LogP contribution >= 0.6 is 11.6 Å². The number of halogens is 1. The van der Waals surface area contributed by atoms with Gasteiger partial charge in [-0.3, -0.25) is 0 Å². The summed E-state index contributed by atoms with van der Waals surface area (Å²) in [7, 11) is 0. The van der Waals surface area contributed by atoms with Gasteiger partial charge in [-0.05, 0) is 37.3 Å². The summed E-state index contributed by atoms with van der Waals surface area (Å²) < 4.78 is 0. The van der Waals surface area contributed by atoms with Crippen LogP contribution in [-0.2, 0) is 6.54 Å². The van der Waals surface area contributed by atoms with Crippen molar-refractivity contribution in [3.63, 3.8) is 0 Å². The molecule has 0 spiro atoms. The molecule has 1 rings (SSSR count). The van der Waals surface area contributed by atoms with Gasteiger partial charge in [0, 0.05) is 17.1 Å². The van der Waals surface area contributed by atoms with Gasteiger partial charge in [-0.2, -0.15) is 0 Å². The molecule has 0 aromatic heterocycles. The highest BCUT2D eigenvalue weighted by molar-refractivity contribution is 6.31. The maximum atomic E-state index is 6.15. The summed E-state index contributed by atoms with van der Waals surface area (Å²) in [5.41, 5.74) is 1.62. The van der Waals surface area contributed by atoms with Crippen molar-refractivity contribution >= 4 is 11.6 Å². The fourth-order valence-corrected chi connectivity index (χ4v) is 2.57. The molecule has 0 saturated heterocycles. The van der Waals surface area contributed by atoms with E-state index in [4.69, 9.17) is 11.6 Å². The molecule has 0 atom stereocenters. The quantitative estimate of drug-likeness (QED) is 0.824. The molecule has 17 heavy (non-hydrogen) atoms. The Hall–Kier alpha value is -0.530. The van der Waals surface area contributed by atoms with Gasteiger partial charge in [0.25, 0.3) is 0 Å². The largest absolute Gasteiger partial charge is 0.308 e. The number of hydrogen-bond acceptors (Lipinski definition) is 1. The number of rotatable bonds is 4. The molecule has 0 radical (unpaired) electrons. The smallest absolute Gasteiger partial charge is 0.0450 e. The van der Waals surface area contributed by atoms with E-state index in [0.29, 0.717) is 5.41 Å². The summed E-state index contributed by atoms with van der Waals surface area (Å²) in [4.78, 5) is 0. The Labute approximate surface area is 111 Å². The highest BCUT2D eigenvalue weighted by Crippen LogP contribution is 2.27. The van der Waals surface area contributed by atoms with Gasteiger partial charge >= 0.3 is 0 Å². The van der Waals surface area contributed by atoms with E-state index >= 15 is 0 Å². The van der Waals surface area contributed by atoms with E-state index < -0.39 is 0 Å². The first-order valence-corrected chi connectivity index (χ1v) is 6.56. The van der Waals surface area contributed by atoms with E-state index in [0.717, 1.165) is 23.6 Å². The highest BCUT2D eigenvalue weighted by Gasteiger charge is 2.24. The standard InChI is InChI=1S/C15H24ClN/c1-14(2,3)11-15(4,5)17-10-12-8-6-7-9-13(12)16/h6-9,17H,10-11H2,1-5H3. The van der Waals surface area contributed by atoms with Gasteiger partial charge in [-0.25, -0.2) is 0 Å². The maximum absolute atomic E-state index is 6.15. The molecule has 0 unspecified atom stereocenters. The Bertz CT molecular complexity index is 363. The summed E-state index contributed by atoms with van der Waals surface area (Å²) in [5.74, 6) is 0. The molecule has 1 N–H and O–H groups in total. The Morgan fingerprint density at radius 1 is 1.06 bits per heavy atom. The normalized spacial score (nSPS) is 12.8. The second-order valence-corrected chi connectivity index (χ2v) is 6.97. The minimum atomic E-state index is 0.122. The minimum absolute atomic E-state index is 0.122. The van der Waals surface area contributed by atoms with Gasteiger partial charge in [-0.1, -0.05) is 50.6 Å². The third-order valence-electron chi connectivity index (χ3n) is 2.69. The van der Waals surface area contributed by atoms with Crippen molar-refractivity contribution in [2.45, 2.75) is 53.1 Å².